The quantitative estimate of drug-likeness (QED) is 0.651. The van der Waals surface area contributed by atoms with Crippen LogP contribution in [0.15, 0.2) is 72.9 Å². The molecule has 0 amide bonds. The first-order valence-corrected chi connectivity index (χ1v) is 6.72. The van der Waals surface area contributed by atoms with Crippen molar-refractivity contribution in [1.29, 1.82) is 0 Å². The minimum Gasteiger partial charge on any atom is -0.457 e. The molecule has 0 saturated heterocycles. The first kappa shape index (κ1) is 13.3. The van der Waals surface area contributed by atoms with Crippen LogP contribution in [0.5, 0.6) is 11.5 Å². The van der Waals surface area contributed by atoms with E-state index in [0.717, 1.165) is 6.42 Å². The van der Waals surface area contributed by atoms with Gasteiger partial charge < -0.3 is 4.74 Å². The molecule has 3 aromatic rings. The highest BCUT2D eigenvalue weighted by molar-refractivity contribution is 5.34. The van der Waals surface area contributed by atoms with Gasteiger partial charge in [0.1, 0.15) is 11.5 Å². The van der Waals surface area contributed by atoms with Gasteiger partial charge in [0, 0.05) is 12.3 Å². The summed E-state index contributed by atoms with van der Waals surface area (Å²) < 4.78 is 18.6. The summed E-state index contributed by atoms with van der Waals surface area (Å²) in [6.45, 7) is 0. The van der Waals surface area contributed by atoms with Gasteiger partial charge >= 0.3 is 0 Å². The maximum absolute atomic E-state index is 13.0. The van der Waals surface area contributed by atoms with Crippen LogP contribution in [0.1, 0.15) is 11.1 Å². The molecule has 0 N–H and O–H groups in total. The van der Waals surface area contributed by atoms with Crippen molar-refractivity contribution in [3.63, 3.8) is 0 Å². The molecule has 3 heteroatoms. The molecule has 104 valence electrons. The molecule has 3 rings (SSSR count). The summed E-state index contributed by atoms with van der Waals surface area (Å²) in [5, 5.41) is 0. The largest absolute Gasteiger partial charge is 0.457 e. The average molecular weight is 279 g/mol. The average Bonchev–Trinajstić information content (AvgIpc) is 2.50. The number of hydrogen-bond donors (Lipinski definition) is 0. The molecule has 1 aromatic heterocycles. The lowest BCUT2D eigenvalue weighted by Gasteiger charge is -2.07. The van der Waals surface area contributed by atoms with Crippen molar-refractivity contribution in [2.24, 2.45) is 0 Å². The topological polar surface area (TPSA) is 22.1 Å². The lowest BCUT2D eigenvalue weighted by Crippen LogP contribution is -1.90. The minimum atomic E-state index is -0.548. The van der Waals surface area contributed by atoms with Crippen LogP contribution < -0.4 is 4.74 Å². The highest BCUT2D eigenvalue weighted by Gasteiger charge is 2.01. The Bertz CT molecular complexity index is 711. The molecule has 2 aromatic carbocycles. The molecule has 0 atom stereocenters. The second-order valence-corrected chi connectivity index (χ2v) is 4.72. The Balaban J connectivity index is 1.69. The SMILES string of the molecule is Fc1cc(Oc2ccc(Cc3ccccc3)cc2)ccn1. The maximum Gasteiger partial charge on any atom is 0.216 e. The van der Waals surface area contributed by atoms with Crippen LogP contribution >= 0.6 is 0 Å². The van der Waals surface area contributed by atoms with E-state index in [4.69, 9.17) is 4.74 Å². The van der Waals surface area contributed by atoms with Gasteiger partial charge in [0.05, 0.1) is 0 Å². The van der Waals surface area contributed by atoms with E-state index in [1.165, 1.54) is 23.4 Å². The van der Waals surface area contributed by atoms with Gasteiger partial charge in [-0.15, -0.1) is 0 Å². The van der Waals surface area contributed by atoms with Gasteiger partial charge in [0.25, 0.3) is 0 Å². The zero-order chi connectivity index (χ0) is 14.5. The van der Waals surface area contributed by atoms with Crippen LogP contribution in [0.25, 0.3) is 0 Å². The number of ether oxygens (including phenoxy) is 1. The molecule has 21 heavy (non-hydrogen) atoms. The minimum absolute atomic E-state index is 0.443. The van der Waals surface area contributed by atoms with E-state index in [0.29, 0.717) is 11.5 Å². The molecule has 2 nitrogen and oxygen atoms in total. The second kappa shape index (κ2) is 6.18. The molecule has 0 aliphatic carbocycles. The molecule has 0 bridgehead atoms. The van der Waals surface area contributed by atoms with Crippen molar-refractivity contribution in [2.45, 2.75) is 6.42 Å². The predicted octanol–water partition coefficient (Wildman–Crippen LogP) is 4.60. The Morgan fingerprint density at radius 3 is 2.24 bits per heavy atom. The van der Waals surface area contributed by atoms with E-state index >= 15 is 0 Å². The summed E-state index contributed by atoms with van der Waals surface area (Å²) in [6.07, 6.45) is 2.26. The second-order valence-electron chi connectivity index (χ2n) is 4.72. The van der Waals surface area contributed by atoms with Gasteiger partial charge in [-0.3, -0.25) is 0 Å². The Labute approximate surface area is 122 Å². The van der Waals surface area contributed by atoms with E-state index < -0.39 is 5.95 Å². The molecule has 0 aliphatic rings. The third-order valence-corrected chi connectivity index (χ3v) is 3.11. The summed E-state index contributed by atoms with van der Waals surface area (Å²) in [6, 6.07) is 21.0. The Morgan fingerprint density at radius 2 is 1.52 bits per heavy atom. The summed E-state index contributed by atoms with van der Waals surface area (Å²) >= 11 is 0. The molecule has 0 unspecified atom stereocenters. The fourth-order valence-electron chi connectivity index (χ4n) is 2.09. The number of halogens is 1. The number of benzene rings is 2. The number of nitrogens with zero attached hydrogens (tertiary/aromatic N) is 1. The van der Waals surface area contributed by atoms with Crippen molar-refractivity contribution >= 4 is 0 Å². The molecule has 0 spiro atoms. The highest BCUT2D eigenvalue weighted by Crippen LogP contribution is 2.22. The Hall–Kier alpha value is -2.68. The van der Waals surface area contributed by atoms with Gasteiger partial charge in [-0.05, 0) is 35.7 Å². The van der Waals surface area contributed by atoms with Crippen LogP contribution in [-0.4, -0.2) is 4.98 Å². The van der Waals surface area contributed by atoms with Crippen LogP contribution in [0.3, 0.4) is 0 Å². The summed E-state index contributed by atoms with van der Waals surface area (Å²) in [5.74, 6) is 0.573. The maximum atomic E-state index is 13.0. The lowest BCUT2D eigenvalue weighted by molar-refractivity contribution is 0.472. The Kier molecular flexibility index (Phi) is 3.92. The number of hydrogen-bond acceptors (Lipinski definition) is 2. The van der Waals surface area contributed by atoms with Crippen molar-refractivity contribution in [2.75, 3.05) is 0 Å². The molecule has 0 saturated carbocycles. The zero-order valence-electron chi connectivity index (χ0n) is 11.4. The van der Waals surface area contributed by atoms with E-state index in [1.807, 2.05) is 42.5 Å². The fourth-order valence-corrected chi connectivity index (χ4v) is 2.09. The lowest BCUT2D eigenvalue weighted by atomic mass is 10.1. The molecule has 0 radical (unpaired) electrons. The van der Waals surface area contributed by atoms with Crippen LogP contribution in [0.4, 0.5) is 4.39 Å². The number of aromatic nitrogens is 1. The van der Waals surface area contributed by atoms with Crippen molar-refractivity contribution in [1.82, 2.24) is 4.98 Å². The van der Waals surface area contributed by atoms with E-state index in [1.54, 1.807) is 6.07 Å². The fraction of sp³-hybridized carbons (Fsp3) is 0.0556. The van der Waals surface area contributed by atoms with Gasteiger partial charge in [-0.1, -0.05) is 42.5 Å². The third-order valence-electron chi connectivity index (χ3n) is 3.11. The first-order chi connectivity index (χ1) is 10.3. The van der Waals surface area contributed by atoms with Crippen molar-refractivity contribution in [3.8, 4) is 11.5 Å². The molecular formula is C18H14FNO. The zero-order valence-corrected chi connectivity index (χ0v) is 11.4. The van der Waals surface area contributed by atoms with Gasteiger partial charge in [0.15, 0.2) is 0 Å². The predicted molar refractivity (Wildman–Crippen MR) is 80.0 cm³/mol. The molecule has 0 fully saturated rings. The Morgan fingerprint density at radius 1 is 0.810 bits per heavy atom. The summed E-state index contributed by atoms with van der Waals surface area (Å²) in [4.78, 5) is 3.50. The summed E-state index contributed by atoms with van der Waals surface area (Å²) in [5.41, 5.74) is 2.47. The van der Waals surface area contributed by atoms with E-state index in [-0.39, 0.29) is 0 Å². The van der Waals surface area contributed by atoms with Crippen molar-refractivity contribution < 1.29 is 9.13 Å². The monoisotopic (exact) mass is 279 g/mol. The first-order valence-electron chi connectivity index (χ1n) is 6.72. The van der Waals surface area contributed by atoms with Crippen molar-refractivity contribution in [3.05, 3.63) is 90.0 Å². The highest BCUT2D eigenvalue weighted by atomic mass is 19.1. The molecular weight excluding hydrogens is 265 g/mol. The normalized spacial score (nSPS) is 10.3. The molecule has 1 heterocycles. The molecule has 0 aliphatic heterocycles. The van der Waals surface area contributed by atoms with Crippen LogP contribution in [0.2, 0.25) is 0 Å². The van der Waals surface area contributed by atoms with Crippen LogP contribution in [0, 0.1) is 5.95 Å². The van der Waals surface area contributed by atoms with Gasteiger partial charge in [-0.2, -0.15) is 4.39 Å². The number of rotatable bonds is 4. The smallest absolute Gasteiger partial charge is 0.216 e. The van der Waals surface area contributed by atoms with E-state index in [2.05, 4.69) is 17.1 Å². The summed E-state index contributed by atoms with van der Waals surface area (Å²) in [7, 11) is 0. The van der Waals surface area contributed by atoms with Gasteiger partial charge in [-0.25, -0.2) is 4.98 Å². The van der Waals surface area contributed by atoms with Gasteiger partial charge in [0.2, 0.25) is 5.95 Å². The third kappa shape index (κ3) is 3.66. The van der Waals surface area contributed by atoms with Crippen LogP contribution in [-0.2, 0) is 6.42 Å². The number of pyridine rings is 1. The van der Waals surface area contributed by atoms with E-state index in [9.17, 15) is 4.39 Å². The standard InChI is InChI=1S/C18H14FNO/c19-18-13-17(10-11-20-18)21-16-8-6-15(7-9-16)12-14-4-2-1-3-5-14/h1-11,13H,12H2.